The molecular weight excluding hydrogens is 338 g/mol. The molecule has 1 aliphatic carbocycles. The number of halogens is 1. The Hall–Kier alpha value is -1.92. The van der Waals surface area contributed by atoms with Gasteiger partial charge in [0.25, 0.3) is 5.91 Å². The van der Waals surface area contributed by atoms with E-state index in [9.17, 15) is 4.79 Å². The van der Waals surface area contributed by atoms with Crippen molar-refractivity contribution < 1.29 is 4.79 Å². The lowest BCUT2D eigenvalue weighted by atomic mass is 10.0. The second kappa shape index (κ2) is 7.97. The molecule has 1 saturated heterocycles. The highest BCUT2D eigenvalue weighted by molar-refractivity contribution is 5.92. The minimum atomic E-state index is -0.0159. The van der Waals surface area contributed by atoms with Crippen LogP contribution < -0.4 is 5.32 Å². The van der Waals surface area contributed by atoms with Gasteiger partial charge in [-0.05, 0) is 50.3 Å². The number of nitrogens with one attached hydrogen (secondary N) is 1. The molecule has 2 aliphatic rings. The predicted octanol–water partition coefficient (Wildman–Crippen LogP) is 2.29. The number of benzene rings is 1. The number of rotatable bonds is 5. The van der Waals surface area contributed by atoms with Crippen LogP contribution in [0.3, 0.4) is 0 Å². The number of nitrogens with zero attached hydrogens (tertiary/aromatic N) is 4. The Kier molecular flexibility index (Phi) is 5.71. The number of likely N-dealkylation sites (tertiary alicyclic amines) is 1. The molecule has 0 radical (unpaired) electrons. The van der Waals surface area contributed by atoms with E-state index in [1.165, 1.54) is 17.6 Å². The molecule has 7 heteroatoms. The zero-order valence-corrected chi connectivity index (χ0v) is 15.0. The zero-order valence-electron chi connectivity index (χ0n) is 14.2. The van der Waals surface area contributed by atoms with Gasteiger partial charge in [0.05, 0.1) is 11.9 Å². The Morgan fingerprint density at radius 1 is 1.12 bits per heavy atom. The van der Waals surface area contributed by atoms with Crippen LogP contribution in [0.1, 0.15) is 36.2 Å². The van der Waals surface area contributed by atoms with Gasteiger partial charge in [0, 0.05) is 19.1 Å². The average molecular weight is 362 g/mol. The number of para-hydroxylation sites is 1. The first-order valence-electron chi connectivity index (χ1n) is 8.80. The van der Waals surface area contributed by atoms with E-state index in [1.54, 1.807) is 6.20 Å². The molecule has 0 bridgehead atoms. The zero-order chi connectivity index (χ0) is 16.4. The summed E-state index contributed by atoms with van der Waals surface area (Å²) in [7, 11) is 0. The molecule has 2 heterocycles. The average Bonchev–Trinajstić information content (AvgIpc) is 3.34. The van der Waals surface area contributed by atoms with Crippen molar-refractivity contribution in [3.05, 3.63) is 42.2 Å². The van der Waals surface area contributed by atoms with Crippen molar-refractivity contribution in [2.45, 2.75) is 31.7 Å². The Morgan fingerprint density at radius 2 is 1.84 bits per heavy atom. The van der Waals surface area contributed by atoms with E-state index in [2.05, 4.69) is 15.5 Å². The van der Waals surface area contributed by atoms with Crippen molar-refractivity contribution in [1.29, 1.82) is 0 Å². The maximum atomic E-state index is 12.6. The molecule has 1 aromatic carbocycles. The molecule has 6 nitrogen and oxygen atoms in total. The summed E-state index contributed by atoms with van der Waals surface area (Å²) in [5.74, 6) is 0.885. The summed E-state index contributed by atoms with van der Waals surface area (Å²) >= 11 is 0. The van der Waals surface area contributed by atoms with Gasteiger partial charge < -0.3 is 10.2 Å². The van der Waals surface area contributed by atoms with Crippen LogP contribution in [0.2, 0.25) is 0 Å². The summed E-state index contributed by atoms with van der Waals surface area (Å²) in [6.07, 6.45) is 6.35. The van der Waals surface area contributed by atoms with Crippen LogP contribution in [0.4, 0.5) is 0 Å². The fraction of sp³-hybridized carbons (Fsp3) is 0.500. The van der Waals surface area contributed by atoms with Crippen molar-refractivity contribution in [1.82, 2.24) is 25.2 Å². The summed E-state index contributed by atoms with van der Waals surface area (Å²) in [6.45, 7) is 2.72. The normalized spacial score (nSPS) is 18.0. The minimum Gasteiger partial charge on any atom is -0.337 e. The first-order valence-corrected chi connectivity index (χ1v) is 8.80. The number of carbonyl (C=O) groups is 1. The predicted molar refractivity (Wildman–Crippen MR) is 98.3 cm³/mol. The van der Waals surface area contributed by atoms with Gasteiger partial charge in [-0.2, -0.15) is 9.90 Å². The van der Waals surface area contributed by atoms with E-state index in [-0.39, 0.29) is 18.3 Å². The molecule has 134 valence electrons. The number of carbonyl (C=O) groups excluding carboxylic acids is 1. The van der Waals surface area contributed by atoms with E-state index in [1.807, 2.05) is 35.2 Å². The van der Waals surface area contributed by atoms with E-state index in [0.29, 0.717) is 11.7 Å². The highest BCUT2D eigenvalue weighted by atomic mass is 35.5. The fourth-order valence-electron chi connectivity index (χ4n) is 3.15. The number of amides is 1. The molecule has 1 saturated carbocycles. The maximum Gasteiger partial charge on any atom is 0.276 e. The topological polar surface area (TPSA) is 63.1 Å². The third kappa shape index (κ3) is 4.38. The second-order valence-electron chi connectivity index (χ2n) is 6.77. The van der Waals surface area contributed by atoms with Crippen molar-refractivity contribution in [2.75, 3.05) is 19.6 Å². The van der Waals surface area contributed by atoms with Gasteiger partial charge >= 0.3 is 0 Å². The fourth-order valence-corrected chi connectivity index (χ4v) is 3.15. The first-order chi connectivity index (χ1) is 11.8. The Morgan fingerprint density at radius 3 is 2.52 bits per heavy atom. The lowest BCUT2D eigenvalue weighted by Gasteiger charge is -2.32. The molecule has 0 spiro atoms. The molecule has 0 unspecified atom stereocenters. The van der Waals surface area contributed by atoms with Crippen LogP contribution in [0.5, 0.6) is 0 Å². The van der Waals surface area contributed by atoms with Gasteiger partial charge in [-0.15, -0.1) is 17.5 Å². The molecule has 2 aromatic rings. The molecule has 25 heavy (non-hydrogen) atoms. The number of aromatic nitrogens is 3. The Bertz CT molecular complexity index is 693. The molecule has 1 amide bonds. The lowest BCUT2D eigenvalue weighted by molar-refractivity contribution is 0.0698. The second-order valence-corrected chi connectivity index (χ2v) is 6.77. The summed E-state index contributed by atoms with van der Waals surface area (Å²) in [4.78, 5) is 16.0. The van der Waals surface area contributed by atoms with Gasteiger partial charge in [0.15, 0.2) is 5.69 Å². The number of hydrogen-bond acceptors (Lipinski definition) is 4. The number of hydrogen-bond donors (Lipinski definition) is 1. The Labute approximate surface area is 154 Å². The van der Waals surface area contributed by atoms with Crippen LogP contribution >= 0.6 is 12.4 Å². The molecule has 1 N–H and O–H groups in total. The molecule has 1 aromatic heterocycles. The summed E-state index contributed by atoms with van der Waals surface area (Å²) in [5, 5.41) is 12.2. The molecular formula is C18H24ClN5O. The molecule has 1 aliphatic heterocycles. The summed E-state index contributed by atoms with van der Waals surface area (Å²) in [5.41, 5.74) is 1.28. The maximum absolute atomic E-state index is 12.6. The van der Waals surface area contributed by atoms with E-state index in [0.717, 1.165) is 44.1 Å². The lowest BCUT2D eigenvalue weighted by Crippen LogP contribution is -2.45. The van der Waals surface area contributed by atoms with Gasteiger partial charge in [0.1, 0.15) is 0 Å². The smallest absolute Gasteiger partial charge is 0.276 e. The first kappa shape index (κ1) is 17.9. The minimum absolute atomic E-state index is 0. The Balaban J connectivity index is 0.00000182. The quantitative estimate of drug-likeness (QED) is 0.887. The van der Waals surface area contributed by atoms with E-state index in [4.69, 9.17) is 0 Å². The van der Waals surface area contributed by atoms with Gasteiger partial charge in [-0.3, -0.25) is 4.79 Å². The van der Waals surface area contributed by atoms with Crippen LogP contribution in [0.15, 0.2) is 36.5 Å². The molecule has 0 atom stereocenters. The van der Waals surface area contributed by atoms with Crippen LogP contribution in [-0.2, 0) is 0 Å². The highest BCUT2D eigenvalue weighted by Gasteiger charge is 2.27. The van der Waals surface area contributed by atoms with E-state index < -0.39 is 0 Å². The van der Waals surface area contributed by atoms with Crippen LogP contribution in [-0.4, -0.2) is 51.5 Å². The van der Waals surface area contributed by atoms with Crippen LogP contribution in [0.25, 0.3) is 5.69 Å². The third-order valence-electron chi connectivity index (χ3n) is 4.87. The third-order valence-corrected chi connectivity index (χ3v) is 4.87. The van der Waals surface area contributed by atoms with Gasteiger partial charge in [-0.1, -0.05) is 18.2 Å². The van der Waals surface area contributed by atoms with Crippen molar-refractivity contribution in [2.24, 2.45) is 5.92 Å². The van der Waals surface area contributed by atoms with Crippen LogP contribution in [0, 0.1) is 5.92 Å². The van der Waals surface area contributed by atoms with Gasteiger partial charge in [0.2, 0.25) is 0 Å². The van der Waals surface area contributed by atoms with Crippen molar-refractivity contribution in [3.8, 4) is 5.69 Å². The standard InChI is InChI=1S/C18H23N5O.ClH/c24-18(17-13-20-23(21-17)16-4-2-1-3-5-16)22-10-8-15(9-11-22)19-12-14-6-7-14;/h1-5,13-15,19H,6-12H2;1H. The van der Waals surface area contributed by atoms with Crippen molar-refractivity contribution in [3.63, 3.8) is 0 Å². The number of piperidine rings is 1. The highest BCUT2D eigenvalue weighted by Crippen LogP contribution is 2.28. The van der Waals surface area contributed by atoms with Crippen molar-refractivity contribution >= 4 is 18.3 Å². The molecule has 2 fully saturated rings. The summed E-state index contributed by atoms with van der Waals surface area (Å²) in [6, 6.07) is 10.2. The monoisotopic (exact) mass is 361 g/mol. The SMILES string of the molecule is Cl.O=C(c1cnn(-c2ccccc2)n1)N1CCC(NCC2CC2)CC1. The molecule has 4 rings (SSSR count). The summed E-state index contributed by atoms with van der Waals surface area (Å²) < 4.78 is 0. The van der Waals surface area contributed by atoms with E-state index >= 15 is 0 Å². The van der Waals surface area contributed by atoms with Gasteiger partial charge in [-0.25, -0.2) is 0 Å². The largest absolute Gasteiger partial charge is 0.337 e.